The van der Waals surface area contributed by atoms with Gasteiger partial charge in [-0.1, -0.05) is 28.9 Å². The highest BCUT2D eigenvalue weighted by molar-refractivity contribution is 9.10. The van der Waals surface area contributed by atoms with E-state index in [1.165, 1.54) is 16.0 Å². The molecule has 3 rings (SSSR count). The maximum Gasteiger partial charge on any atom is 0.282 e. The van der Waals surface area contributed by atoms with Crippen LogP contribution in [0.3, 0.4) is 0 Å². The smallest absolute Gasteiger partial charge is 0.282 e. The summed E-state index contributed by atoms with van der Waals surface area (Å²) in [6, 6.07) is 7.18. The number of ketones is 1. The van der Waals surface area contributed by atoms with Crippen LogP contribution in [0.4, 0.5) is 5.00 Å². The summed E-state index contributed by atoms with van der Waals surface area (Å²) in [5, 5.41) is 7.29. The summed E-state index contributed by atoms with van der Waals surface area (Å²) in [6.07, 6.45) is 0.314. The van der Waals surface area contributed by atoms with Crippen molar-refractivity contribution in [2.75, 3.05) is 5.73 Å². The predicted molar refractivity (Wildman–Crippen MR) is 92.0 cm³/mol. The highest BCUT2D eigenvalue weighted by atomic mass is 79.9. The van der Waals surface area contributed by atoms with Gasteiger partial charge in [0.1, 0.15) is 5.69 Å². The second-order valence-corrected chi connectivity index (χ2v) is 6.54. The standard InChI is InChI=1S/C15H12BrN3O2S/c1-2-11(20)13-10-7-22-14(17)12(10)15(21)19(18-13)9-5-3-4-8(16)6-9/h3-7H,2,17H2,1H3. The Morgan fingerprint density at radius 3 is 2.91 bits per heavy atom. The molecule has 0 atom stereocenters. The summed E-state index contributed by atoms with van der Waals surface area (Å²) in [4.78, 5) is 24.9. The zero-order valence-electron chi connectivity index (χ0n) is 11.7. The third-order valence-corrected chi connectivity index (χ3v) is 4.62. The SMILES string of the molecule is CCC(=O)c1nn(-c2cccc(Br)c2)c(=O)c2c(N)scc12. The number of anilines is 1. The lowest BCUT2D eigenvalue weighted by Crippen LogP contribution is -2.24. The van der Waals surface area contributed by atoms with E-state index in [2.05, 4.69) is 21.0 Å². The fourth-order valence-corrected chi connectivity index (χ4v) is 3.41. The van der Waals surface area contributed by atoms with Gasteiger partial charge in [-0.05, 0) is 18.2 Å². The number of rotatable bonds is 3. The van der Waals surface area contributed by atoms with Crippen molar-refractivity contribution < 1.29 is 4.79 Å². The molecule has 3 aromatic rings. The van der Waals surface area contributed by atoms with Crippen LogP contribution < -0.4 is 11.3 Å². The van der Waals surface area contributed by atoms with Crippen molar-refractivity contribution in [3.05, 3.63) is 50.2 Å². The van der Waals surface area contributed by atoms with Crippen LogP contribution in [0.25, 0.3) is 16.5 Å². The minimum atomic E-state index is -0.320. The molecule has 0 aliphatic carbocycles. The average molecular weight is 378 g/mol. The fourth-order valence-electron chi connectivity index (χ4n) is 2.23. The monoisotopic (exact) mass is 377 g/mol. The first-order chi connectivity index (χ1) is 10.5. The molecule has 0 unspecified atom stereocenters. The number of halogens is 1. The zero-order valence-corrected chi connectivity index (χ0v) is 14.1. The van der Waals surface area contributed by atoms with Crippen LogP contribution in [0.15, 0.2) is 38.9 Å². The molecule has 0 saturated heterocycles. The third kappa shape index (κ3) is 2.36. The molecule has 1 aromatic carbocycles. The Kier molecular flexibility index (Phi) is 3.84. The molecule has 0 bridgehead atoms. The molecule has 112 valence electrons. The van der Waals surface area contributed by atoms with Gasteiger partial charge in [0.05, 0.1) is 16.1 Å². The number of nitrogens with two attached hydrogens (primary N) is 1. The summed E-state index contributed by atoms with van der Waals surface area (Å²) in [5.41, 5.74) is 6.46. The number of carbonyl (C=O) groups is 1. The van der Waals surface area contributed by atoms with Crippen molar-refractivity contribution >= 4 is 48.8 Å². The van der Waals surface area contributed by atoms with Crippen LogP contribution in [0, 0.1) is 0 Å². The molecule has 22 heavy (non-hydrogen) atoms. The first-order valence-electron chi connectivity index (χ1n) is 6.62. The molecule has 0 radical (unpaired) electrons. The summed E-state index contributed by atoms with van der Waals surface area (Å²) in [5.74, 6) is -0.119. The molecule has 0 aliphatic heterocycles. The number of carbonyl (C=O) groups excluding carboxylic acids is 1. The van der Waals surface area contributed by atoms with Crippen molar-refractivity contribution in [3.8, 4) is 5.69 Å². The highest BCUT2D eigenvalue weighted by Crippen LogP contribution is 2.28. The number of fused-ring (bicyclic) bond motifs is 1. The second kappa shape index (κ2) is 5.66. The lowest BCUT2D eigenvalue weighted by Gasteiger charge is -2.08. The molecule has 2 heterocycles. The van der Waals surface area contributed by atoms with Gasteiger partial charge in [0.2, 0.25) is 0 Å². The summed E-state index contributed by atoms with van der Waals surface area (Å²) in [7, 11) is 0. The van der Waals surface area contributed by atoms with Gasteiger partial charge >= 0.3 is 0 Å². The van der Waals surface area contributed by atoms with Gasteiger partial charge < -0.3 is 5.73 Å². The van der Waals surface area contributed by atoms with Gasteiger partial charge in [0, 0.05) is 21.7 Å². The number of Topliss-reactive ketones (excluding diaryl/α,β-unsaturated/α-hetero) is 1. The maximum absolute atomic E-state index is 12.7. The van der Waals surface area contributed by atoms with E-state index in [1.54, 1.807) is 30.5 Å². The third-order valence-electron chi connectivity index (χ3n) is 3.32. The van der Waals surface area contributed by atoms with Crippen molar-refractivity contribution in [1.82, 2.24) is 9.78 Å². The van der Waals surface area contributed by atoms with Gasteiger partial charge in [-0.25, -0.2) is 0 Å². The number of hydrogen-bond acceptors (Lipinski definition) is 5. The summed E-state index contributed by atoms with van der Waals surface area (Å²) in [6.45, 7) is 1.76. The van der Waals surface area contributed by atoms with E-state index in [0.717, 1.165) is 4.47 Å². The second-order valence-electron chi connectivity index (χ2n) is 4.71. The van der Waals surface area contributed by atoms with E-state index in [9.17, 15) is 9.59 Å². The van der Waals surface area contributed by atoms with E-state index in [-0.39, 0.29) is 17.0 Å². The first-order valence-corrected chi connectivity index (χ1v) is 8.29. The van der Waals surface area contributed by atoms with Crippen LogP contribution in [0.1, 0.15) is 23.8 Å². The normalized spacial score (nSPS) is 11.0. The molecule has 7 heteroatoms. The Bertz CT molecular complexity index is 946. The Labute approximate surface area is 138 Å². The zero-order chi connectivity index (χ0) is 15.9. The number of hydrogen-bond donors (Lipinski definition) is 1. The molecule has 0 amide bonds. The Hall–Kier alpha value is -1.99. The minimum absolute atomic E-state index is 0.119. The molecule has 2 N–H and O–H groups in total. The molecule has 5 nitrogen and oxygen atoms in total. The van der Waals surface area contributed by atoms with Crippen molar-refractivity contribution in [3.63, 3.8) is 0 Å². The summed E-state index contributed by atoms with van der Waals surface area (Å²) >= 11 is 4.61. The van der Waals surface area contributed by atoms with E-state index in [4.69, 9.17) is 5.73 Å². The molecular weight excluding hydrogens is 366 g/mol. The van der Waals surface area contributed by atoms with Gasteiger partial charge in [-0.2, -0.15) is 9.78 Å². The number of nitrogen functional groups attached to an aromatic ring is 1. The van der Waals surface area contributed by atoms with Gasteiger partial charge in [-0.3, -0.25) is 9.59 Å². The number of nitrogens with zero attached hydrogens (tertiary/aromatic N) is 2. The molecule has 0 spiro atoms. The average Bonchev–Trinajstić information content (AvgIpc) is 2.89. The number of thiophene rings is 1. The van der Waals surface area contributed by atoms with Crippen LogP contribution in [0.2, 0.25) is 0 Å². The van der Waals surface area contributed by atoms with Crippen LogP contribution in [0.5, 0.6) is 0 Å². The predicted octanol–water partition coefficient (Wildman–Crippen LogP) is 3.38. The Balaban J connectivity index is 2.41. The number of aromatic nitrogens is 2. The van der Waals surface area contributed by atoms with Crippen molar-refractivity contribution in [2.45, 2.75) is 13.3 Å². The largest absolute Gasteiger partial charge is 0.390 e. The maximum atomic E-state index is 12.7. The quantitative estimate of drug-likeness (QED) is 0.709. The molecule has 0 fully saturated rings. The molecular formula is C15H12BrN3O2S. The Morgan fingerprint density at radius 2 is 2.23 bits per heavy atom. The van der Waals surface area contributed by atoms with Crippen molar-refractivity contribution in [1.29, 1.82) is 0 Å². The highest BCUT2D eigenvalue weighted by Gasteiger charge is 2.19. The van der Waals surface area contributed by atoms with Gasteiger partial charge in [0.25, 0.3) is 5.56 Å². The van der Waals surface area contributed by atoms with E-state index < -0.39 is 0 Å². The lowest BCUT2D eigenvalue weighted by atomic mass is 10.1. The van der Waals surface area contributed by atoms with E-state index in [0.29, 0.717) is 27.9 Å². The van der Waals surface area contributed by atoms with Gasteiger partial charge in [0.15, 0.2) is 5.78 Å². The fraction of sp³-hybridized carbons (Fsp3) is 0.133. The molecule has 2 aromatic heterocycles. The van der Waals surface area contributed by atoms with E-state index in [1.807, 2.05) is 6.07 Å². The van der Waals surface area contributed by atoms with Gasteiger partial charge in [-0.15, -0.1) is 11.3 Å². The van der Waals surface area contributed by atoms with Crippen LogP contribution >= 0.6 is 27.3 Å². The number of benzene rings is 1. The summed E-state index contributed by atoms with van der Waals surface area (Å²) < 4.78 is 2.06. The molecule has 0 aliphatic rings. The molecule has 0 saturated carbocycles. The first kappa shape index (κ1) is 14.9. The van der Waals surface area contributed by atoms with Crippen LogP contribution in [-0.2, 0) is 0 Å². The minimum Gasteiger partial charge on any atom is -0.390 e. The lowest BCUT2D eigenvalue weighted by molar-refractivity contribution is 0.0983. The van der Waals surface area contributed by atoms with E-state index >= 15 is 0 Å². The Morgan fingerprint density at radius 1 is 1.45 bits per heavy atom. The van der Waals surface area contributed by atoms with Crippen LogP contribution in [-0.4, -0.2) is 15.6 Å². The van der Waals surface area contributed by atoms with Crippen molar-refractivity contribution in [2.24, 2.45) is 0 Å². The topological polar surface area (TPSA) is 78.0 Å².